The van der Waals surface area contributed by atoms with Crippen molar-refractivity contribution < 1.29 is 9.84 Å². The molecule has 0 aliphatic rings. The van der Waals surface area contributed by atoms with Gasteiger partial charge in [0, 0.05) is 25.6 Å². The standard InChI is InChI=1S/C14H23NO2/c1-14(12-16,11-15(2)9-10-17-3)13-7-5-4-6-8-13/h4-8,16H,9-12H2,1-3H3. The van der Waals surface area contributed by atoms with E-state index in [1.54, 1.807) is 7.11 Å². The number of benzene rings is 1. The first-order valence-corrected chi connectivity index (χ1v) is 5.96. The molecule has 0 amide bonds. The van der Waals surface area contributed by atoms with E-state index >= 15 is 0 Å². The molecule has 0 radical (unpaired) electrons. The summed E-state index contributed by atoms with van der Waals surface area (Å²) in [6, 6.07) is 10.2. The molecule has 17 heavy (non-hydrogen) atoms. The molecule has 1 atom stereocenters. The predicted octanol–water partition coefficient (Wildman–Crippen LogP) is 1.51. The molecule has 0 saturated carbocycles. The molecule has 96 valence electrons. The van der Waals surface area contributed by atoms with E-state index in [0.717, 1.165) is 13.1 Å². The number of rotatable bonds is 7. The van der Waals surface area contributed by atoms with Gasteiger partial charge >= 0.3 is 0 Å². The predicted molar refractivity (Wildman–Crippen MR) is 70.3 cm³/mol. The molecular weight excluding hydrogens is 214 g/mol. The van der Waals surface area contributed by atoms with E-state index in [-0.39, 0.29) is 12.0 Å². The summed E-state index contributed by atoms with van der Waals surface area (Å²) in [5.74, 6) is 0. The van der Waals surface area contributed by atoms with Gasteiger partial charge in [0.2, 0.25) is 0 Å². The zero-order valence-corrected chi connectivity index (χ0v) is 11.0. The van der Waals surface area contributed by atoms with Crippen molar-refractivity contribution in [2.75, 3.05) is 40.5 Å². The van der Waals surface area contributed by atoms with Crippen LogP contribution in [0.15, 0.2) is 30.3 Å². The number of ether oxygens (including phenoxy) is 1. The molecule has 1 unspecified atom stereocenters. The van der Waals surface area contributed by atoms with Gasteiger partial charge in [0.05, 0.1) is 13.2 Å². The molecule has 1 N–H and O–H groups in total. The van der Waals surface area contributed by atoms with Crippen molar-refractivity contribution in [1.29, 1.82) is 0 Å². The van der Waals surface area contributed by atoms with Gasteiger partial charge in [0.25, 0.3) is 0 Å². The lowest BCUT2D eigenvalue weighted by Crippen LogP contribution is -2.40. The smallest absolute Gasteiger partial charge is 0.0589 e. The summed E-state index contributed by atoms with van der Waals surface area (Å²) in [6.45, 7) is 4.64. The first-order valence-electron chi connectivity index (χ1n) is 5.96. The molecule has 0 heterocycles. The van der Waals surface area contributed by atoms with Gasteiger partial charge in [-0.15, -0.1) is 0 Å². The Hall–Kier alpha value is -0.900. The number of methoxy groups -OCH3 is 1. The zero-order valence-electron chi connectivity index (χ0n) is 11.0. The average Bonchev–Trinajstić information content (AvgIpc) is 2.37. The van der Waals surface area contributed by atoms with Crippen molar-refractivity contribution in [1.82, 2.24) is 4.90 Å². The Balaban J connectivity index is 2.69. The first kappa shape index (κ1) is 14.2. The van der Waals surface area contributed by atoms with Crippen LogP contribution in [0.25, 0.3) is 0 Å². The van der Waals surface area contributed by atoms with Crippen LogP contribution in [0.3, 0.4) is 0 Å². The van der Waals surface area contributed by atoms with Gasteiger partial charge in [-0.3, -0.25) is 0 Å². The highest BCUT2D eigenvalue weighted by molar-refractivity contribution is 5.25. The largest absolute Gasteiger partial charge is 0.395 e. The molecule has 0 aliphatic carbocycles. The van der Waals surface area contributed by atoms with Crippen molar-refractivity contribution in [3.63, 3.8) is 0 Å². The van der Waals surface area contributed by atoms with E-state index < -0.39 is 0 Å². The van der Waals surface area contributed by atoms with Crippen LogP contribution in [-0.2, 0) is 10.2 Å². The van der Waals surface area contributed by atoms with Crippen LogP contribution in [0.1, 0.15) is 12.5 Å². The summed E-state index contributed by atoms with van der Waals surface area (Å²) in [6.07, 6.45) is 0. The minimum absolute atomic E-state index is 0.147. The minimum Gasteiger partial charge on any atom is -0.395 e. The fraction of sp³-hybridized carbons (Fsp3) is 0.571. The molecule has 0 spiro atoms. The van der Waals surface area contributed by atoms with Crippen LogP contribution < -0.4 is 0 Å². The van der Waals surface area contributed by atoms with Gasteiger partial charge < -0.3 is 14.7 Å². The van der Waals surface area contributed by atoms with Crippen molar-refractivity contribution in [3.8, 4) is 0 Å². The highest BCUT2D eigenvalue weighted by Crippen LogP contribution is 2.23. The molecule has 1 aromatic carbocycles. The third-order valence-corrected chi connectivity index (χ3v) is 3.12. The Morgan fingerprint density at radius 2 is 1.94 bits per heavy atom. The summed E-state index contributed by atoms with van der Waals surface area (Å²) in [5.41, 5.74) is 0.954. The number of hydrogen-bond acceptors (Lipinski definition) is 3. The molecule has 0 aliphatic heterocycles. The van der Waals surface area contributed by atoms with Gasteiger partial charge in [-0.1, -0.05) is 37.3 Å². The Labute approximate surface area is 104 Å². The van der Waals surface area contributed by atoms with Crippen LogP contribution in [0, 0.1) is 0 Å². The highest BCUT2D eigenvalue weighted by atomic mass is 16.5. The van der Waals surface area contributed by atoms with Crippen LogP contribution in [0.4, 0.5) is 0 Å². The van der Waals surface area contributed by atoms with Crippen LogP contribution in [-0.4, -0.2) is 50.5 Å². The van der Waals surface area contributed by atoms with E-state index in [4.69, 9.17) is 4.74 Å². The third-order valence-electron chi connectivity index (χ3n) is 3.12. The first-order chi connectivity index (χ1) is 8.12. The summed E-state index contributed by atoms with van der Waals surface area (Å²) < 4.78 is 5.06. The molecule has 3 heteroatoms. The van der Waals surface area contributed by atoms with E-state index in [2.05, 4.69) is 31.0 Å². The van der Waals surface area contributed by atoms with Crippen molar-refractivity contribution in [2.24, 2.45) is 0 Å². The highest BCUT2D eigenvalue weighted by Gasteiger charge is 2.27. The molecule has 0 fully saturated rings. The number of aliphatic hydroxyl groups is 1. The summed E-state index contributed by atoms with van der Waals surface area (Å²) in [7, 11) is 3.76. The van der Waals surface area contributed by atoms with E-state index in [1.165, 1.54) is 5.56 Å². The molecule has 0 aromatic heterocycles. The molecule has 1 rings (SSSR count). The summed E-state index contributed by atoms with van der Waals surface area (Å²) >= 11 is 0. The Morgan fingerprint density at radius 1 is 1.29 bits per heavy atom. The van der Waals surface area contributed by atoms with Crippen molar-refractivity contribution in [3.05, 3.63) is 35.9 Å². The Kier molecular flexibility index (Phi) is 5.62. The normalized spacial score (nSPS) is 14.9. The fourth-order valence-corrected chi connectivity index (χ4v) is 2.00. The monoisotopic (exact) mass is 237 g/mol. The maximum atomic E-state index is 9.66. The number of hydrogen-bond donors (Lipinski definition) is 1. The van der Waals surface area contributed by atoms with Crippen molar-refractivity contribution >= 4 is 0 Å². The molecule has 3 nitrogen and oxygen atoms in total. The second-order valence-corrected chi connectivity index (χ2v) is 4.82. The quantitative estimate of drug-likeness (QED) is 0.780. The zero-order chi connectivity index (χ0) is 12.7. The van der Waals surface area contributed by atoms with Crippen molar-refractivity contribution in [2.45, 2.75) is 12.3 Å². The summed E-state index contributed by atoms with van der Waals surface area (Å²) in [4.78, 5) is 2.19. The lowest BCUT2D eigenvalue weighted by atomic mass is 9.83. The van der Waals surface area contributed by atoms with Gasteiger partial charge in [0.15, 0.2) is 0 Å². The lowest BCUT2D eigenvalue weighted by molar-refractivity contribution is 0.124. The molecule has 0 bridgehead atoms. The number of nitrogens with zero attached hydrogens (tertiary/aromatic N) is 1. The van der Waals surface area contributed by atoms with Crippen LogP contribution in [0.5, 0.6) is 0 Å². The second kappa shape index (κ2) is 6.74. The van der Waals surface area contributed by atoms with Crippen LogP contribution >= 0.6 is 0 Å². The van der Waals surface area contributed by atoms with Gasteiger partial charge in [-0.05, 0) is 12.6 Å². The third kappa shape index (κ3) is 4.11. The molecular formula is C14H23NO2. The maximum Gasteiger partial charge on any atom is 0.0589 e. The summed E-state index contributed by atoms with van der Waals surface area (Å²) in [5, 5.41) is 9.66. The SMILES string of the molecule is COCCN(C)CC(C)(CO)c1ccccc1. The van der Waals surface area contributed by atoms with Gasteiger partial charge in [-0.25, -0.2) is 0 Å². The van der Waals surface area contributed by atoms with E-state index in [9.17, 15) is 5.11 Å². The van der Waals surface area contributed by atoms with Gasteiger partial charge in [-0.2, -0.15) is 0 Å². The molecule has 0 saturated heterocycles. The van der Waals surface area contributed by atoms with Gasteiger partial charge in [0.1, 0.15) is 0 Å². The topological polar surface area (TPSA) is 32.7 Å². The Morgan fingerprint density at radius 3 is 2.47 bits per heavy atom. The number of likely N-dealkylation sites (N-methyl/N-ethyl adjacent to an activating group) is 1. The molecule has 1 aromatic rings. The van der Waals surface area contributed by atoms with E-state index in [1.807, 2.05) is 18.2 Å². The minimum atomic E-state index is -0.219. The van der Waals surface area contributed by atoms with E-state index in [0.29, 0.717) is 6.61 Å². The Bertz CT molecular complexity index is 315. The maximum absolute atomic E-state index is 9.66. The fourth-order valence-electron chi connectivity index (χ4n) is 2.00. The average molecular weight is 237 g/mol. The second-order valence-electron chi connectivity index (χ2n) is 4.82. The number of aliphatic hydroxyl groups excluding tert-OH is 1. The van der Waals surface area contributed by atoms with Crippen LogP contribution in [0.2, 0.25) is 0 Å². The lowest BCUT2D eigenvalue weighted by Gasteiger charge is -2.32.